The van der Waals surface area contributed by atoms with Crippen molar-refractivity contribution in [2.24, 2.45) is 0 Å². The first-order chi connectivity index (χ1) is 29.6. The maximum absolute atomic E-state index is 13.2. The second-order valence-corrected chi connectivity index (χ2v) is 24.1. The van der Waals surface area contributed by atoms with Crippen LogP contribution in [-0.4, -0.2) is 57.1 Å². The topological polar surface area (TPSA) is 145 Å². The molecule has 0 saturated heterocycles. The van der Waals surface area contributed by atoms with E-state index in [4.69, 9.17) is 22.6 Å². The van der Waals surface area contributed by atoms with E-state index in [1.54, 1.807) is 89.3 Å². The van der Waals surface area contributed by atoms with E-state index in [1.807, 2.05) is 60.7 Å². The summed E-state index contributed by atoms with van der Waals surface area (Å²) in [6.45, 7) is 29.4. The van der Waals surface area contributed by atoms with Crippen LogP contribution in [0.4, 0.5) is 11.4 Å². The summed E-state index contributed by atoms with van der Waals surface area (Å²) in [5.41, 5.74) is 2.12. The number of carbonyl (C=O) groups is 2. The maximum atomic E-state index is 13.2. The number of fused-ring (bicyclic) bond motifs is 2. The van der Waals surface area contributed by atoms with Crippen molar-refractivity contribution in [3.05, 3.63) is 96.1 Å². The van der Waals surface area contributed by atoms with E-state index in [9.17, 15) is 19.3 Å². The zero-order valence-corrected chi connectivity index (χ0v) is 43.2. The first-order valence-corrected chi connectivity index (χ1v) is 25.6. The fourth-order valence-corrected chi connectivity index (χ4v) is 11.1. The molecule has 0 aliphatic carbocycles. The largest absolute Gasteiger partial charge is 0.531 e. The lowest BCUT2D eigenvalue weighted by molar-refractivity contribution is -0.115. The summed E-state index contributed by atoms with van der Waals surface area (Å²) in [5, 5.41) is 14.9. The molecule has 0 unspecified atom stereocenters. The van der Waals surface area contributed by atoms with Crippen LogP contribution in [0, 0.1) is 0 Å². The number of aromatic hydroxyl groups is 1. The van der Waals surface area contributed by atoms with Gasteiger partial charge in [0.25, 0.3) is 8.53 Å². The van der Waals surface area contributed by atoms with Crippen molar-refractivity contribution in [1.29, 1.82) is 0 Å². The molecule has 0 fully saturated rings. The fourth-order valence-electron chi connectivity index (χ4n) is 5.81. The Morgan fingerprint density at radius 3 is 1.33 bits per heavy atom. The van der Waals surface area contributed by atoms with Gasteiger partial charge in [-0.1, -0.05) is 37.4 Å². The highest BCUT2D eigenvalue weighted by Gasteiger charge is 2.39. The molecule has 6 rings (SSSR count). The van der Waals surface area contributed by atoms with Crippen LogP contribution in [0.5, 0.6) is 11.5 Å². The molecule has 4 aromatic rings. The number of carbonyl (C=O) groups excluding carboxylic acids is 2. The van der Waals surface area contributed by atoms with Gasteiger partial charge in [0, 0.05) is 44.0 Å². The molecule has 0 atom stereocenters. The van der Waals surface area contributed by atoms with E-state index < -0.39 is 27.6 Å². The zero-order valence-electron chi connectivity index (χ0n) is 39.8. The number of phenolic OH excluding ortho intramolecular Hbond substituents is 1. The molecular formula is C48H67N3O9P2S2. The van der Waals surface area contributed by atoms with Crippen LogP contribution in [0.3, 0.4) is 0 Å². The van der Waals surface area contributed by atoms with Gasteiger partial charge in [0.2, 0.25) is 11.8 Å². The van der Waals surface area contributed by atoms with Crippen molar-refractivity contribution in [1.82, 2.24) is 4.67 Å². The van der Waals surface area contributed by atoms with Crippen molar-refractivity contribution >= 4 is 63.1 Å². The smallest absolute Gasteiger partial charge is 0.508 e. The van der Waals surface area contributed by atoms with E-state index >= 15 is 0 Å². The minimum atomic E-state index is -3.83. The number of hydrogen-bond donors (Lipinski definition) is 3. The summed E-state index contributed by atoms with van der Waals surface area (Å²) in [6, 6.07) is 26.2. The molecule has 3 N–H and O–H groups in total. The average molecular weight is 956 g/mol. The van der Waals surface area contributed by atoms with E-state index in [0.29, 0.717) is 18.6 Å². The number of hydrogen-bond acceptors (Lipinski definition) is 12. The Morgan fingerprint density at radius 1 is 0.594 bits per heavy atom. The predicted molar refractivity (Wildman–Crippen MR) is 262 cm³/mol. The van der Waals surface area contributed by atoms with Crippen LogP contribution in [0.1, 0.15) is 108 Å². The molecule has 2 heterocycles. The quantitative estimate of drug-likeness (QED) is 0.110. The van der Waals surface area contributed by atoms with E-state index in [-0.39, 0.29) is 28.8 Å². The summed E-state index contributed by atoms with van der Waals surface area (Å²) in [5.74, 6) is 0.743. The van der Waals surface area contributed by atoms with Crippen LogP contribution in [0.25, 0.3) is 0 Å². The highest BCUT2D eigenvalue weighted by atomic mass is 32.2. The second-order valence-electron chi connectivity index (χ2n) is 19.0. The molecule has 0 aromatic heterocycles. The molecule has 64 heavy (non-hydrogen) atoms. The van der Waals surface area contributed by atoms with Gasteiger partial charge < -0.3 is 29.3 Å². The Hall–Kier alpha value is -3.42. The van der Waals surface area contributed by atoms with Gasteiger partial charge in [-0.15, -0.1) is 0 Å². The molecule has 0 bridgehead atoms. The van der Waals surface area contributed by atoms with Crippen LogP contribution in [-0.2, 0) is 45.1 Å². The maximum Gasteiger partial charge on any atom is 0.531 e. The SMILES string of the molecule is CC(C)(C)OP(=O)(Oc1ccc(Sc2ccc3c(c2)CC(=O)N3)cc1)OC(C)(C)C.CCN(CC)P(OC(C)(C)C)OC(C)(C)C.O=C1Cc2cc(Sc3ccc(O)cc3)ccc2N1. The minimum Gasteiger partial charge on any atom is -0.508 e. The Bertz CT molecular complexity index is 2190. The minimum absolute atomic E-state index is 0.0213. The fraction of sp³-hybridized carbons (Fsp3) is 0.458. The summed E-state index contributed by atoms with van der Waals surface area (Å²) in [6.07, 6.45) is 0.868. The van der Waals surface area contributed by atoms with Crippen LogP contribution < -0.4 is 15.2 Å². The lowest BCUT2D eigenvalue weighted by atomic mass is 10.2. The molecule has 0 radical (unpaired) electrons. The summed E-state index contributed by atoms with van der Waals surface area (Å²) in [4.78, 5) is 27.0. The van der Waals surface area contributed by atoms with Crippen LogP contribution in [0.2, 0.25) is 0 Å². The second kappa shape index (κ2) is 22.4. The van der Waals surface area contributed by atoms with E-state index in [1.165, 1.54) is 0 Å². The Labute approximate surface area is 390 Å². The Balaban J connectivity index is 0.000000226. The van der Waals surface area contributed by atoms with Crippen molar-refractivity contribution in [2.75, 3.05) is 23.7 Å². The van der Waals surface area contributed by atoms with Crippen molar-refractivity contribution in [2.45, 2.75) is 152 Å². The standard InChI is InChI=1S/C22H28NO5PS.C14H11NO2S.C12H28NO2P/c1-21(2,3)27-29(25,28-22(4,5)6)26-16-7-9-17(10-8-16)30-18-11-12-19-15(13-18)14-20(24)23-19;16-10-1-3-11(4-2-10)18-12-5-6-13-9(7-12)8-14(17)15-13;1-9-13(10-2)16(14-11(3,4)5)15-12(6,7)8/h7-13H,14H2,1-6H3,(H,23,24);1-7,16H,8H2,(H,15,17);9-10H2,1-8H3. The van der Waals surface area contributed by atoms with Gasteiger partial charge in [0.1, 0.15) is 11.5 Å². The molecular weight excluding hydrogens is 889 g/mol. The number of phosphoric acid groups is 1. The number of benzene rings is 4. The lowest BCUT2D eigenvalue weighted by Crippen LogP contribution is -2.29. The number of phenols is 1. The van der Waals surface area contributed by atoms with Gasteiger partial charge in [-0.25, -0.2) is 9.24 Å². The number of amides is 2. The van der Waals surface area contributed by atoms with Gasteiger partial charge in [-0.3, -0.25) is 18.6 Å². The molecule has 16 heteroatoms. The van der Waals surface area contributed by atoms with Gasteiger partial charge in [0.05, 0.1) is 35.2 Å². The molecule has 4 aromatic carbocycles. The van der Waals surface area contributed by atoms with Crippen LogP contribution >= 0.6 is 39.9 Å². The summed E-state index contributed by atoms with van der Waals surface area (Å²) < 4.78 is 44.5. The Kier molecular flexibility index (Phi) is 18.6. The lowest BCUT2D eigenvalue weighted by Gasteiger charge is -2.36. The van der Waals surface area contributed by atoms with Crippen molar-refractivity contribution < 1.29 is 41.9 Å². The molecule has 2 aliphatic heterocycles. The molecule has 0 spiro atoms. The highest BCUT2D eigenvalue weighted by Crippen LogP contribution is 2.55. The van der Waals surface area contributed by atoms with Crippen molar-refractivity contribution in [3.8, 4) is 11.5 Å². The zero-order chi connectivity index (χ0) is 47.7. The van der Waals surface area contributed by atoms with E-state index in [2.05, 4.69) is 70.7 Å². The Morgan fingerprint density at radius 2 is 0.969 bits per heavy atom. The number of nitrogens with zero attached hydrogens (tertiary/aromatic N) is 1. The summed E-state index contributed by atoms with van der Waals surface area (Å²) >= 11 is 3.19. The third-order valence-electron chi connectivity index (χ3n) is 8.19. The summed E-state index contributed by atoms with van der Waals surface area (Å²) in [7, 11) is -4.79. The number of rotatable bonds is 13. The van der Waals surface area contributed by atoms with Crippen LogP contribution in [0.15, 0.2) is 105 Å². The predicted octanol–water partition coefficient (Wildman–Crippen LogP) is 13.7. The molecule has 12 nitrogen and oxygen atoms in total. The van der Waals surface area contributed by atoms with Gasteiger partial charge in [-0.05, 0) is 179 Å². The third kappa shape index (κ3) is 18.8. The molecule has 350 valence electrons. The normalized spacial score (nSPS) is 13.9. The number of anilines is 2. The number of phosphoric ester groups is 1. The molecule has 2 amide bonds. The van der Waals surface area contributed by atoms with Gasteiger partial charge >= 0.3 is 7.82 Å². The van der Waals surface area contributed by atoms with Gasteiger partial charge in [0.15, 0.2) is 0 Å². The van der Waals surface area contributed by atoms with E-state index in [0.717, 1.165) is 55.2 Å². The third-order valence-corrected chi connectivity index (χ3v) is 14.6. The first-order valence-electron chi connectivity index (χ1n) is 21.3. The number of nitrogens with one attached hydrogen (secondary N) is 2. The van der Waals surface area contributed by atoms with Crippen molar-refractivity contribution in [3.63, 3.8) is 0 Å². The molecule has 0 saturated carbocycles. The average Bonchev–Trinajstić information content (AvgIpc) is 3.71. The monoisotopic (exact) mass is 955 g/mol. The first kappa shape index (κ1) is 53.2. The molecule has 2 aliphatic rings. The van der Waals surface area contributed by atoms with Gasteiger partial charge in [-0.2, -0.15) is 0 Å². The highest BCUT2D eigenvalue weighted by molar-refractivity contribution is 7.99.